The average Bonchev–Trinajstić information content (AvgIpc) is 3.06. The molecule has 0 spiro atoms. The van der Waals surface area contributed by atoms with E-state index in [4.69, 9.17) is 5.41 Å². The lowest BCUT2D eigenvalue weighted by Gasteiger charge is -2.29. The van der Waals surface area contributed by atoms with Crippen LogP contribution in [0.3, 0.4) is 0 Å². The second-order valence-corrected chi connectivity index (χ2v) is 7.76. The molecule has 1 aromatic carbocycles. The Hall–Kier alpha value is -3.64. The first-order chi connectivity index (χ1) is 15.9. The number of hydrogen-bond donors (Lipinski definition) is 3. The molecule has 1 atom stereocenters. The van der Waals surface area contributed by atoms with Crippen LogP contribution in [0.4, 0.5) is 33.6 Å². The molecule has 8 nitrogen and oxygen atoms in total. The summed E-state index contributed by atoms with van der Waals surface area (Å²) in [5, 5.41) is 13.3. The van der Waals surface area contributed by atoms with E-state index in [-0.39, 0.29) is 18.1 Å². The number of benzene rings is 1. The largest absolute Gasteiger partial charge is 0.419 e. The molecule has 0 bridgehead atoms. The number of nitrogens with zero attached hydrogens (tertiary/aromatic N) is 4. The predicted molar refractivity (Wildman–Crippen MR) is 117 cm³/mol. The lowest BCUT2D eigenvalue weighted by molar-refractivity contribution is -0.138. The van der Waals surface area contributed by atoms with Crippen LogP contribution >= 0.6 is 0 Å². The monoisotopic (exact) mass is 483 g/mol. The number of aryl methyl sites for hydroxylation is 2. The van der Waals surface area contributed by atoms with Crippen molar-refractivity contribution in [1.82, 2.24) is 14.9 Å². The summed E-state index contributed by atoms with van der Waals surface area (Å²) in [7, 11) is 0. The van der Waals surface area contributed by atoms with Gasteiger partial charge in [0, 0.05) is 38.1 Å². The molecule has 34 heavy (non-hydrogen) atoms. The number of alkyl halides is 5. The summed E-state index contributed by atoms with van der Waals surface area (Å²) in [6.45, 7) is 2.80. The van der Waals surface area contributed by atoms with Crippen molar-refractivity contribution in [2.75, 3.05) is 23.8 Å². The number of hydrogen-bond acceptors (Lipinski definition) is 7. The fourth-order valence-corrected chi connectivity index (χ4v) is 3.65. The number of anilines is 2. The molecular weight excluding hydrogens is 461 g/mol. The SMILES string of the molecule is Cc1cc(C)c(N/N=C\C=N)c(C(=O)N2CCC(F)(F)C2CNc2ncc(C(F)(F)F)cn2)c1. The van der Waals surface area contributed by atoms with Gasteiger partial charge in [-0.1, -0.05) is 6.07 Å². The maximum atomic E-state index is 14.7. The van der Waals surface area contributed by atoms with Gasteiger partial charge in [0.1, 0.15) is 6.04 Å². The highest BCUT2D eigenvalue weighted by Gasteiger charge is 2.51. The lowest BCUT2D eigenvalue weighted by atomic mass is 10.0. The summed E-state index contributed by atoms with van der Waals surface area (Å²) in [6, 6.07) is 1.76. The van der Waals surface area contributed by atoms with Crippen LogP contribution in [-0.2, 0) is 6.18 Å². The van der Waals surface area contributed by atoms with Crippen LogP contribution in [0.2, 0.25) is 0 Å². The van der Waals surface area contributed by atoms with Gasteiger partial charge in [-0.05, 0) is 31.0 Å². The van der Waals surface area contributed by atoms with Gasteiger partial charge in [0.2, 0.25) is 5.95 Å². The second kappa shape index (κ2) is 9.69. The molecule has 1 aliphatic heterocycles. The summed E-state index contributed by atoms with van der Waals surface area (Å²) < 4.78 is 67.4. The minimum absolute atomic E-state index is 0.133. The number of carbonyl (C=O) groups is 1. The Morgan fingerprint density at radius 1 is 1.29 bits per heavy atom. The smallest absolute Gasteiger partial charge is 0.352 e. The summed E-state index contributed by atoms with van der Waals surface area (Å²) >= 11 is 0. The highest BCUT2D eigenvalue weighted by molar-refractivity contribution is 6.14. The van der Waals surface area contributed by atoms with E-state index in [0.717, 1.165) is 22.9 Å². The standard InChI is InChI=1S/C21H22F5N7O/c1-12-7-13(2)17(32-31-5-4-27)15(8-12)18(34)33-6-3-20(22,23)16(33)11-30-19-28-9-14(10-29-19)21(24,25)26/h4-5,7-10,16,27,32H,3,6,11H2,1-2H3,(H,28,29,30)/b27-4?,31-5-. The molecule has 2 heterocycles. The minimum Gasteiger partial charge on any atom is -0.352 e. The lowest BCUT2D eigenvalue weighted by Crippen LogP contribution is -2.47. The Bertz CT molecular complexity index is 1090. The third-order valence-corrected chi connectivity index (χ3v) is 5.28. The fourth-order valence-electron chi connectivity index (χ4n) is 3.65. The topological polar surface area (TPSA) is 106 Å². The quantitative estimate of drug-likeness (QED) is 0.312. The number of nitrogens with one attached hydrogen (secondary N) is 3. The van der Waals surface area contributed by atoms with Crippen molar-refractivity contribution in [2.24, 2.45) is 5.10 Å². The van der Waals surface area contributed by atoms with Crippen LogP contribution in [0.15, 0.2) is 29.6 Å². The Balaban J connectivity index is 1.84. The number of hydrazone groups is 1. The minimum atomic E-state index is -4.62. The van der Waals surface area contributed by atoms with Crippen molar-refractivity contribution in [3.05, 3.63) is 46.8 Å². The van der Waals surface area contributed by atoms with Gasteiger partial charge < -0.3 is 15.6 Å². The second-order valence-electron chi connectivity index (χ2n) is 7.76. The van der Waals surface area contributed by atoms with Crippen LogP contribution in [0.5, 0.6) is 0 Å². The van der Waals surface area contributed by atoms with Crippen molar-refractivity contribution in [2.45, 2.75) is 38.4 Å². The number of rotatable bonds is 7. The number of halogens is 5. The third kappa shape index (κ3) is 5.46. The van der Waals surface area contributed by atoms with Gasteiger partial charge in [-0.15, -0.1) is 0 Å². The van der Waals surface area contributed by atoms with E-state index in [0.29, 0.717) is 23.6 Å². The van der Waals surface area contributed by atoms with E-state index in [2.05, 4.69) is 25.8 Å². The zero-order chi connectivity index (χ0) is 25.1. The van der Waals surface area contributed by atoms with E-state index >= 15 is 0 Å². The van der Waals surface area contributed by atoms with Crippen LogP contribution in [0.1, 0.15) is 33.5 Å². The van der Waals surface area contributed by atoms with Gasteiger partial charge in [0.15, 0.2) is 0 Å². The molecule has 1 unspecified atom stereocenters. The van der Waals surface area contributed by atoms with Crippen molar-refractivity contribution < 1.29 is 26.7 Å². The van der Waals surface area contributed by atoms with Crippen LogP contribution in [0, 0.1) is 19.3 Å². The van der Waals surface area contributed by atoms with Gasteiger partial charge in [0.25, 0.3) is 11.8 Å². The van der Waals surface area contributed by atoms with Crippen molar-refractivity contribution >= 4 is 30.0 Å². The number of carbonyl (C=O) groups excluding carboxylic acids is 1. The van der Waals surface area contributed by atoms with Crippen molar-refractivity contribution in [3.63, 3.8) is 0 Å². The molecule has 0 saturated carbocycles. The highest BCUT2D eigenvalue weighted by atomic mass is 19.4. The Morgan fingerprint density at radius 2 is 1.97 bits per heavy atom. The van der Waals surface area contributed by atoms with Gasteiger partial charge in [0.05, 0.1) is 23.0 Å². The highest BCUT2D eigenvalue weighted by Crippen LogP contribution is 2.36. The maximum Gasteiger partial charge on any atom is 0.419 e. The normalized spacial score (nSPS) is 17.7. The zero-order valence-corrected chi connectivity index (χ0v) is 18.2. The summed E-state index contributed by atoms with van der Waals surface area (Å²) in [5.74, 6) is -4.16. The molecule has 1 fully saturated rings. The molecule has 13 heteroatoms. The molecule has 0 radical (unpaired) electrons. The zero-order valence-electron chi connectivity index (χ0n) is 18.2. The first-order valence-corrected chi connectivity index (χ1v) is 10.2. The number of aromatic nitrogens is 2. The van der Waals surface area contributed by atoms with Crippen molar-refractivity contribution in [1.29, 1.82) is 5.41 Å². The molecule has 1 aromatic heterocycles. The molecule has 1 aliphatic rings. The average molecular weight is 483 g/mol. The molecule has 182 valence electrons. The van der Waals surface area contributed by atoms with E-state index in [1.165, 1.54) is 0 Å². The van der Waals surface area contributed by atoms with E-state index in [1.54, 1.807) is 26.0 Å². The van der Waals surface area contributed by atoms with Gasteiger partial charge >= 0.3 is 6.18 Å². The van der Waals surface area contributed by atoms with E-state index < -0.39 is 42.6 Å². The fraction of sp³-hybridized carbons (Fsp3) is 0.381. The molecule has 1 saturated heterocycles. The molecule has 2 aromatic rings. The number of likely N-dealkylation sites (tertiary alicyclic amines) is 1. The van der Waals surface area contributed by atoms with Gasteiger partial charge in [-0.2, -0.15) is 18.3 Å². The predicted octanol–water partition coefficient (Wildman–Crippen LogP) is 4.12. The van der Waals surface area contributed by atoms with Gasteiger partial charge in [-0.25, -0.2) is 18.7 Å². The summed E-state index contributed by atoms with van der Waals surface area (Å²) in [4.78, 5) is 21.4. The Labute approximate surface area is 191 Å². The van der Waals surface area contributed by atoms with E-state index in [1.807, 2.05) is 0 Å². The molecule has 0 aliphatic carbocycles. The molecular formula is C21H22F5N7O. The Kier molecular flexibility index (Phi) is 7.12. The van der Waals surface area contributed by atoms with Crippen LogP contribution in [-0.4, -0.2) is 58.3 Å². The van der Waals surface area contributed by atoms with Crippen LogP contribution in [0.25, 0.3) is 0 Å². The Morgan fingerprint density at radius 3 is 2.59 bits per heavy atom. The summed E-state index contributed by atoms with van der Waals surface area (Å²) in [6.07, 6.45) is -2.00. The molecule has 3 N–H and O–H groups in total. The number of amides is 1. The third-order valence-electron chi connectivity index (χ3n) is 5.28. The van der Waals surface area contributed by atoms with E-state index in [9.17, 15) is 26.7 Å². The van der Waals surface area contributed by atoms with Crippen LogP contribution < -0.4 is 10.7 Å². The first-order valence-electron chi connectivity index (χ1n) is 10.2. The molecule has 1 amide bonds. The summed E-state index contributed by atoms with van der Waals surface area (Å²) in [5.41, 5.74) is 3.46. The maximum absolute atomic E-state index is 14.7. The molecule has 3 rings (SSSR count). The van der Waals surface area contributed by atoms with Gasteiger partial charge in [-0.3, -0.25) is 10.2 Å². The van der Waals surface area contributed by atoms with Crippen molar-refractivity contribution in [3.8, 4) is 0 Å². The first kappa shape index (κ1) is 25.0.